The second-order valence-corrected chi connectivity index (χ2v) is 8.53. The smallest absolute Gasteiger partial charge is 0.343 e. The number of methoxy groups -OCH3 is 5. The van der Waals surface area contributed by atoms with Gasteiger partial charge in [0.15, 0.2) is 23.9 Å². The van der Waals surface area contributed by atoms with Crippen molar-refractivity contribution in [2.45, 2.75) is 39.5 Å². The highest BCUT2D eigenvalue weighted by molar-refractivity contribution is 6.02. The number of aromatic hydroxyl groups is 1. The van der Waals surface area contributed by atoms with Gasteiger partial charge in [-0.15, -0.1) is 0 Å². The zero-order valence-electron chi connectivity index (χ0n) is 22.1. The molecule has 1 N–H and O–H groups in total. The lowest BCUT2D eigenvalue weighted by molar-refractivity contribution is -0.142. The van der Waals surface area contributed by atoms with E-state index in [1.807, 2.05) is 0 Å². The number of carbonyl (C=O) groups is 2. The summed E-state index contributed by atoms with van der Waals surface area (Å²) >= 11 is 0. The Hall–Kier alpha value is -3.62. The number of aryl methyl sites for hydroxylation is 1. The molecule has 0 aromatic heterocycles. The first-order valence-electron chi connectivity index (χ1n) is 11.6. The molecule has 0 amide bonds. The van der Waals surface area contributed by atoms with E-state index in [4.69, 9.17) is 28.4 Å². The predicted molar refractivity (Wildman–Crippen MR) is 134 cm³/mol. The molecular formula is C27H36O9. The largest absolute Gasteiger partial charge is 0.502 e. The zero-order valence-corrected chi connectivity index (χ0v) is 22.1. The number of Topliss-reactive ketones (excluding diaryl/α,β-unsaturated/α-hetero) is 1. The number of carbonyl (C=O) groups excluding carboxylic acids is 2. The number of hydrogen-bond acceptors (Lipinski definition) is 9. The Balaban J connectivity index is 2.51. The van der Waals surface area contributed by atoms with E-state index in [0.717, 1.165) is 12.0 Å². The lowest BCUT2D eigenvalue weighted by Gasteiger charge is -2.21. The van der Waals surface area contributed by atoms with Crippen LogP contribution in [0.5, 0.6) is 34.5 Å². The Bertz CT molecular complexity index is 1030. The summed E-state index contributed by atoms with van der Waals surface area (Å²) in [5.74, 6) is 1.00. The van der Waals surface area contributed by atoms with Crippen LogP contribution in [0, 0.1) is 5.92 Å². The fourth-order valence-electron chi connectivity index (χ4n) is 3.75. The standard InChI is InChI=1S/C27H36O9/c1-16(2)8-10-18-20(31-3)14-21(32-4)25(27(18)36-15-24(29)35-7)19(28)11-9-17-12-22(33-5)26(30)23(13-17)34-6/h12-14,16,30H,8-11,15H2,1-7H3. The highest BCUT2D eigenvalue weighted by Gasteiger charge is 2.27. The van der Waals surface area contributed by atoms with Crippen molar-refractivity contribution in [3.8, 4) is 34.5 Å². The Kier molecular flexibility index (Phi) is 10.7. The first-order valence-corrected chi connectivity index (χ1v) is 11.6. The summed E-state index contributed by atoms with van der Waals surface area (Å²) in [4.78, 5) is 25.4. The molecule has 9 nitrogen and oxygen atoms in total. The van der Waals surface area contributed by atoms with Crippen LogP contribution in [-0.2, 0) is 22.4 Å². The minimum Gasteiger partial charge on any atom is -0.502 e. The second kappa shape index (κ2) is 13.5. The van der Waals surface area contributed by atoms with Gasteiger partial charge in [-0.2, -0.15) is 0 Å². The molecular weight excluding hydrogens is 468 g/mol. The van der Waals surface area contributed by atoms with E-state index in [9.17, 15) is 14.7 Å². The van der Waals surface area contributed by atoms with Crippen LogP contribution in [0.2, 0.25) is 0 Å². The van der Waals surface area contributed by atoms with Gasteiger partial charge in [-0.25, -0.2) is 4.79 Å². The van der Waals surface area contributed by atoms with Crippen LogP contribution < -0.4 is 23.7 Å². The van der Waals surface area contributed by atoms with Crippen LogP contribution in [0.3, 0.4) is 0 Å². The number of phenols is 1. The molecule has 0 atom stereocenters. The van der Waals surface area contributed by atoms with Gasteiger partial charge in [0.2, 0.25) is 5.75 Å². The fraction of sp³-hybridized carbons (Fsp3) is 0.481. The van der Waals surface area contributed by atoms with E-state index in [-0.39, 0.29) is 53.1 Å². The van der Waals surface area contributed by atoms with Crippen molar-refractivity contribution in [1.29, 1.82) is 0 Å². The van der Waals surface area contributed by atoms with Gasteiger partial charge < -0.3 is 33.5 Å². The number of esters is 1. The Morgan fingerprint density at radius 2 is 1.42 bits per heavy atom. The fourth-order valence-corrected chi connectivity index (χ4v) is 3.75. The third kappa shape index (κ3) is 6.96. The minimum atomic E-state index is -0.576. The molecule has 0 bridgehead atoms. The highest BCUT2D eigenvalue weighted by Crippen LogP contribution is 2.42. The van der Waals surface area contributed by atoms with Gasteiger partial charge >= 0.3 is 5.97 Å². The van der Waals surface area contributed by atoms with Gasteiger partial charge in [0.1, 0.15) is 22.8 Å². The number of benzene rings is 2. The average molecular weight is 505 g/mol. The number of ether oxygens (including phenoxy) is 6. The van der Waals surface area contributed by atoms with Crippen molar-refractivity contribution in [3.05, 3.63) is 34.9 Å². The molecule has 0 saturated heterocycles. The quantitative estimate of drug-likeness (QED) is 0.296. The summed E-state index contributed by atoms with van der Waals surface area (Å²) in [5.41, 5.74) is 1.66. The molecule has 9 heteroatoms. The molecule has 36 heavy (non-hydrogen) atoms. The van der Waals surface area contributed by atoms with E-state index in [1.54, 1.807) is 18.2 Å². The maximum absolute atomic E-state index is 13.6. The molecule has 0 saturated carbocycles. The van der Waals surface area contributed by atoms with Crippen LogP contribution >= 0.6 is 0 Å². The molecule has 0 heterocycles. The van der Waals surface area contributed by atoms with E-state index >= 15 is 0 Å². The van der Waals surface area contributed by atoms with E-state index < -0.39 is 5.97 Å². The molecule has 0 aliphatic carbocycles. The highest BCUT2D eigenvalue weighted by atomic mass is 16.6. The summed E-state index contributed by atoms with van der Waals surface area (Å²) in [7, 11) is 7.14. The number of hydrogen-bond donors (Lipinski definition) is 1. The first-order chi connectivity index (χ1) is 17.2. The van der Waals surface area contributed by atoms with Crippen molar-refractivity contribution >= 4 is 11.8 Å². The predicted octanol–water partition coefficient (Wildman–Crippen LogP) is 4.38. The Morgan fingerprint density at radius 1 is 0.833 bits per heavy atom. The molecule has 0 fully saturated rings. The summed E-state index contributed by atoms with van der Waals surface area (Å²) in [6.45, 7) is 3.82. The van der Waals surface area contributed by atoms with Crippen molar-refractivity contribution in [2.24, 2.45) is 5.92 Å². The number of rotatable bonds is 14. The van der Waals surface area contributed by atoms with E-state index in [0.29, 0.717) is 30.1 Å². The Labute approximate surface area is 212 Å². The maximum Gasteiger partial charge on any atom is 0.343 e. The molecule has 0 spiro atoms. The summed E-state index contributed by atoms with van der Waals surface area (Å²) in [6.07, 6.45) is 1.82. The number of phenolic OH excluding ortho intramolecular Hbond substituents is 1. The van der Waals surface area contributed by atoms with Crippen molar-refractivity contribution in [2.75, 3.05) is 42.2 Å². The van der Waals surface area contributed by atoms with Crippen LogP contribution in [0.4, 0.5) is 0 Å². The maximum atomic E-state index is 13.6. The molecule has 2 aromatic carbocycles. The Morgan fingerprint density at radius 3 is 1.92 bits per heavy atom. The van der Waals surface area contributed by atoms with Gasteiger partial charge in [0, 0.05) is 18.1 Å². The minimum absolute atomic E-state index is 0.0952. The summed E-state index contributed by atoms with van der Waals surface area (Å²) in [6, 6.07) is 4.97. The number of ketones is 1. The molecule has 0 radical (unpaired) electrons. The van der Waals surface area contributed by atoms with Crippen molar-refractivity contribution < 1.29 is 43.1 Å². The van der Waals surface area contributed by atoms with Crippen LogP contribution in [-0.4, -0.2) is 59.0 Å². The summed E-state index contributed by atoms with van der Waals surface area (Å²) in [5, 5.41) is 10.2. The van der Waals surface area contributed by atoms with Crippen molar-refractivity contribution in [1.82, 2.24) is 0 Å². The van der Waals surface area contributed by atoms with Gasteiger partial charge in [-0.3, -0.25) is 4.79 Å². The third-order valence-electron chi connectivity index (χ3n) is 5.74. The lowest BCUT2D eigenvalue weighted by atomic mass is 9.94. The molecule has 2 rings (SSSR count). The van der Waals surface area contributed by atoms with E-state index in [2.05, 4.69) is 13.8 Å². The van der Waals surface area contributed by atoms with Gasteiger partial charge in [0.25, 0.3) is 0 Å². The van der Waals surface area contributed by atoms with Gasteiger partial charge in [-0.1, -0.05) is 13.8 Å². The monoisotopic (exact) mass is 504 g/mol. The first kappa shape index (κ1) is 28.6. The van der Waals surface area contributed by atoms with Gasteiger partial charge in [0.05, 0.1) is 35.5 Å². The van der Waals surface area contributed by atoms with E-state index in [1.165, 1.54) is 35.5 Å². The van der Waals surface area contributed by atoms with Crippen molar-refractivity contribution in [3.63, 3.8) is 0 Å². The topological polar surface area (TPSA) is 110 Å². The normalized spacial score (nSPS) is 10.7. The van der Waals surface area contributed by atoms with Crippen LogP contribution in [0.1, 0.15) is 48.2 Å². The van der Waals surface area contributed by atoms with Gasteiger partial charge in [-0.05, 0) is 42.9 Å². The third-order valence-corrected chi connectivity index (χ3v) is 5.74. The second-order valence-electron chi connectivity index (χ2n) is 8.53. The molecule has 0 aliphatic heterocycles. The SMILES string of the molecule is COC(=O)COc1c(CCC(C)C)c(OC)cc(OC)c1C(=O)CCc1cc(OC)c(O)c(OC)c1. The van der Waals surface area contributed by atoms with Crippen LogP contribution in [0.25, 0.3) is 0 Å². The molecule has 0 unspecified atom stereocenters. The summed E-state index contributed by atoms with van der Waals surface area (Å²) < 4.78 is 32.1. The molecule has 0 aliphatic rings. The average Bonchev–Trinajstić information content (AvgIpc) is 2.88. The lowest BCUT2D eigenvalue weighted by Crippen LogP contribution is -2.17. The van der Waals surface area contributed by atoms with Crippen LogP contribution in [0.15, 0.2) is 18.2 Å². The molecule has 198 valence electrons. The zero-order chi connectivity index (χ0) is 26.8. The molecule has 2 aromatic rings.